The minimum atomic E-state index is -0.322. The standard InChI is InChI=1S/C15H28N4O2/c1-6-8-9-12(7-2)10-16-15-14(19(20)21)13(11(3)4)17-18(15)5/h11-12,16H,6-10H2,1-5H3. The van der Waals surface area contributed by atoms with E-state index < -0.39 is 0 Å². The minimum absolute atomic E-state index is 0.0363. The van der Waals surface area contributed by atoms with Gasteiger partial charge in [-0.1, -0.05) is 47.0 Å². The number of nitrogens with zero attached hydrogens (tertiary/aromatic N) is 3. The number of nitro groups is 1. The van der Waals surface area contributed by atoms with E-state index in [1.54, 1.807) is 11.7 Å². The van der Waals surface area contributed by atoms with Crippen molar-refractivity contribution in [2.24, 2.45) is 13.0 Å². The molecule has 0 spiro atoms. The predicted octanol–water partition coefficient (Wildman–Crippen LogP) is 4.08. The van der Waals surface area contributed by atoms with Gasteiger partial charge in [0.25, 0.3) is 0 Å². The van der Waals surface area contributed by atoms with Gasteiger partial charge in [-0.15, -0.1) is 0 Å². The second-order valence-electron chi connectivity index (χ2n) is 5.92. The summed E-state index contributed by atoms with van der Waals surface area (Å²) >= 11 is 0. The summed E-state index contributed by atoms with van der Waals surface area (Å²) in [5.74, 6) is 1.11. The summed E-state index contributed by atoms with van der Waals surface area (Å²) in [6.45, 7) is 8.96. The molecule has 0 saturated carbocycles. The third-order valence-electron chi connectivity index (χ3n) is 3.88. The van der Waals surface area contributed by atoms with Crippen LogP contribution in [0, 0.1) is 16.0 Å². The lowest BCUT2D eigenvalue weighted by Crippen LogP contribution is -2.16. The van der Waals surface area contributed by atoms with E-state index in [9.17, 15) is 10.1 Å². The first-order chi connectivity index (χ1) is 9.92. The van der Waals surface area contributed by atoms with E-state index in [1.165, 1.54) is 12.8 Å². The Bertz CT molecular complexity index is 468. The first kappa shape index (κ1) is 17.5. The van der Waals surface area contributed by atoms with Crippen molar-refractivity contribution in [3.8, 4) is 0 Å². The Morgan fingerprint density at radius 2 is 2.05 bits per heavy atom. The quantitative estimate of drug-likeness (QED) is 0.550. The molecule has 0 aliphatic heterocycles. The molecular formula is C15H28N4O2. The molecule has 120 valence electrons. The second-order valence-corrected chi connectivity index (χ2v) is 5.92. The van der Waals surface area contributed by atoms with Crippen molar-refractivity contribution in [2.45, 2.75) is 59.3 Å². The van der Waals surface area contributed by atoms with E-state index in [1.807, 2.05) is 13.8 Å². The zero-order chi connectivity index (χ0) is 16.0. The zero-order valence-electron chi connectivity index (χ0n) is 13.8. The molecule has 21 heavy (non-hydrogen) atoms. The summed E-state index contributed by atoms with van der Waals surface area (Å²) < 4.78 is 1.60. The molecule has 0 radical (unpaired) electrons. The summed E-state index contributed by atoms with van der Waals surface area (Å²) in [5, 5.41) is 18.9. The largest absolute Gasteiger partial charge is 0.364 e. The molecule has 0 saturated heterocycles. The van der Waals surface area contributed by atoms with E-state index in [0.717, 1.165) is 19.4 Å². The Labute approximate surface area is 127 Å². The number of nitrogens with one attached hydrogen (secondary N) is 1. The fourth-order valence-electron chi connectivity index (χ4n) is 2.48. The number of hydrogen-bond acceptors (Lipinski definition) is 4. The lowest BCUT2D eigenvalue weighted by Gasteiger charge is -2.15. The molecule has 1 atom stereocenters. The number of hydrogen-bond donors (Lipinski definition) is 1. The summed E-state index contributed by atoms with van der Waals surface area (Å²) in [4.78, 5) is 11.0. The van der Waals surface area contributed by atoms with Crippen molar-refractivity contribution >= 4 is 11.5 Å². The van der Waals surface area contributed by atoms with Gasteiger partial charge in [0.15, 0.2) is 0 Å². The Morgan fingerprint density at radius 3 is 2.52 bits per heavy atom. The predicted molar refractivity (Wildman–Crippen MR) is 85.7 cm³/mol. The van der Waals surface area contributed by atoms with Crippen molar-refractivity contribution in [2.75, 3.05) is 11.9 Å². The van der Waals surface area contributed by atoms with Crippen LogP contribution in [0.5, 0.6) is 0 Å². The lowest BCUT2D eigenvalue weighted by atomic mass is 9.99. The average molecular weight is 296 g/mol. The van der Waals surface area contributed by atoms with Crippen LogP contribution in [0.1, 0.15) is 65.0 Å². The van der Waals surface area contributed by atoms with Crippen molar-refractivity contribution in [1.82, 2.24) is 9.78 Å². The number of aromatic nitrogens is 2. The van der Waals surface area contributed by atoms with Gasteiger partial charge in [0.2, 0.25) is 5.82 Å². The highest BCUT2D eigenvalue weighted by molar-refractivity contribution is 5.60. The van der Waals surface area contributed by atoms with Gasteiger partial charge in [-0.25, -0.2) is 4.68 Å². The molecule has 0 bridgehead atoms. The van der Waals surface area contributed by atoms with Gasteiger partial charge in [-0.05, 0) is 12.3 Å². The molecule has 0 aliphatic carbocycles. The van der Waals surface area contributed by atoms with Crippen LogP contribution in [0.4, 0.5) is 11.5 Å². The van der Waals surface area contributed by atoms with Gasteiger partial charge in [-0.2, -0.15) is 5.10 Å². The van der Waals surface area contributed by atoms with Gasteiger partial charge in [0.05, 0.1) is 4.92 Å². The lowest BCUT2D eigenvalue weighted by molar-refractivity contribution is -0.384. The molecule has 1 aromatic heterocycles. The first-order valence-corrected chi connectivity index (χ1v) is 7.87. The monoisotopic (exact) mass is 296 g/mol. The average Bonchev–Trinajstić information content (AvgIpc) is 2.76. The molecule has 1 heterocycles. The van der Waals surface area contributed by atoms with Gasteiger partial charge < -0.3 is 5.32 Å². The molecule has 1 aromatic rings. The molecular weight excluding hydrogens is 268 g/mol. The third kappa shape index (κ3) is 4.44. The van der Waals surface area contributed by atoms with Crippen LogP contribution in [-0.2, 0) is 7.05 Å². The number of rotatable bonds is 9. The van der Waals surface area contributed by atoms with E-state index in [-0.39, 0.29) is 16.5 Å². The summed E-state index contributed by atoms with van der Waals surface area (Å²) in [6, 6.07) is 0. The highest BCUT2D eigenvalue weighted by Gasteiger charge is 2.28. The maximum absolute atomic E-state index is 11.4. The molecule has 0 amide bonds. The van der Waals surface area contributed by atoms with Crippen molar-refractivity contribution in [3.63, 3.8) is 0 Å². The van der Waals surface area contributed by atoms with Gasteiger partial charge in [0.1, 0.15) is 5.69 Å². The van der Waals surface area contributed by atoms with Crippen LogP contribution < -0.4 is 5.32 Å². The van der Waals surface area contributed by atoms with Gasteiger partial charge >= 0.3 is 5.69 Å². The Kier molecular flexibility index (Phi) is 6.65. The Morgan fingerprint density at radius 1 is 1.38 bits per heavy atom. The molecule has 0 aliphatic rings. The first-order valence-electron chi connectivity index (χ1n) is 7.87. The zero-order valence-corrected chi connectivity index (χ0v) is 13.8. The minimum Gasteiger partial charge on any atom is -0.364 e. The Hall–Kier alpha value is -1.59. The van der Waals surface area contributed by atoms with Crippen molar-refractivity contribution < 1.29 is 4.92 Å². The number of unbranched alkanes of at least 4 members (excludes halogenated alkanes) is 1. The van der Waals surface area contributed by atoms with Crippen LogP contribution in [0.25, 0.3) is 0 Å². The maximum atomic E-state index is 11.4. The summed E-state index contributed by atoms with van der Waals surface area (Å²) in [6.07, 6.45) is 4.61. The molecule has 0 fully saturated rings. The molecule has 6 nitrogen and oxygen atoms in total. The smallest absolute Gasteiger partial charge is 0.334 e. The van der Waals surface area contributed by atoms with E-state index in [4.69, 9.17) is 0 Å². The second kappa shape index (κ2) is 8.00. The highest BCUT2D eigenvalue weighted by atomic mass is 16.6. The van der Waals surface area contributed by atoms with Crippen LogP contribution >= 0.6 is 0 Å². The van der Waals surface area contributed by atoms with Gasteiger partial charge in [0, 0.05) is 19.5 Å². The highest BCUT2D eigenvalue weighted by Crippen LogP contribution is 2.33. The topological polar surface area (TPSA) is 73.0 Å². The molecule has 1 N–H and O–H groups in total. The van der Waals surface area contributed by atoms with Gasteiger partial charge in [-0.3, -0.25) is 10.1 Å². The normalized spacial score (nSPS) is 12.7. The van der Waals surface area contributed by atoms with E-state index in [0.29, 0.717) is 17.4 Å². The number of aryl methyl sites for hydroxylation is 1. The molecule has 6 heteroatoms. The molecule has 0 aromatic carbocycles. The van der Waals surface area contributed by atoms with Crippen molar-refractivity contribution in [3.05, 3.63) is 15.8 Å². The SMILES string of the molecule is CCCCC(CC)CNc1c([N+](=O)[O-])c(C(C)C)nn1C. The molecule has 1 rings (SSSR count). The molecule has 1 unspecified atom stereocenters. The maximum Gasteiger partial charge on any atom is 0.334 e. The fourth-order valence-corrected chi connectivity index (χ4v) is 2.48. The Balaban J connectivity index is 2.89. The van der Waals surface area contributed by atoms with Crippen LogP contribution in [-0.4, -0.2) is 21.2 Å². The van der Waals surface area contributed by atoms with Crippen molar-refractivity contribution in [1.29, 1.82) is 0 Å². The van der Waals surface area contributed by atoms with Crippen LogP contribution in [0.2, 0.25) is 0 Å². The summed E-state index contributed by atoms with van der Waals surface area (Å²) in [5.41, 5.74) is 0.671. The van der Waals surface area contributed by atoms with Crippen LogP contribution in [0.3, 0.4) is 0 Å². The third-order valence-corrected chi connectivity index (χ3v) is 3.88. The van der Waals surface area contributed by atoms with E-state index >= 15 is 0 Å². The fraction of sp³-hybridized carbons (Fsp3) is 0.800. The van der Waals surface area contributed by atoms with Crippen LogP contribution in [0.15, 0.2) is 0 Å². The van der Waals surface area contributed by atoms with E-state index in [2.05, 4.69) is 24.3 Å². The summed E-state index contributed by atoms with van der Waals surface area (Å²) in [7, 11) is 1.76. The number of anilines is 1.